The first-order chi connectivity index (χ1) is 17.6. The maximum absolute atomic E-state index is 5.96. The van der Waals surface area contributed by atoms with Crippen LogP contribution in [-0.4, -0.2) is 82.8 Å². The summed E-state index contributed by atoms with van der Waals surface area (Å²) >= 11 is 0. The molecule has 3 aromatic rings. The Hall–Kier alpha value is -2.55. The first-order valence-corrected chi connectivity index (χ1v) is 13.6. The zero-order valence-corrected chi connectivity index (χ0v) is 21.8. The SMILES string of the molecule is CCCC1CN(c2cc(-n3ncc4cc(C)c(C5CCN(C6COC6)CC5)cc43)nc(C)n2)CCO1. The van der Waals surface area contributed by atoms with Gasteiger partial charge in [0.15, 0.2) is 5.82 Å². The zero-order valence-electron chi connectivity index (χ0n) is 21.8. The van der Waals surface area contributed by atoms with Crippen molar-refractivity contribution in [3.8, 4) is 5.82 Å². The van der Waals surface area contributed by atoms with Gasteiger partial charge >= 0.3 is 0 Å². The quantitative estimate of drug-likeness (QED) is 0.517. The van der Waals surface area contributed by atoms with Crippen molar-refractivity contribution in [1.29, 1.82) is 0 Å². The van der Waals surface area contributed by atoms with Crippen LogP contribution in [0.3, 0.4) is 0 Å². The maximum atomic E-state index is 5.96. The first-order valence-electron chi connectivity index (χ1n) is 13.6. The van der Waals surface area contributed by atoms with Gasteiger partial charge in [-0.15, -0.1) is 0 Å². The summed E-state index contributed by atoms with van der Waals surface area (Å²) in [5.41, 5.74) is 3.94. The highest BCUT2D eigenvalue weighted by Crippen LogP contribution is 2.34. The lowest BCUT2D eigenvalue weighted by molar-refractivity contribution is -0.0712. The predicted octanol–water partition coefficient (Wildman–Crippen LogP) is 4.02. The van der Waals surface area contributed by atoms with Crippen LogP contribution in [0.2, 0.25) is 0 Å². The minimum absolute atomic E-state index is 0.266. The molecule has 1 unspecified atom stereocenters. The second-order valence-electron chi connectivity index (χ2n) is 10.7. The Balaban J connectivity index is 1.28. The number of anilines is 1. The van der Waals surface area contributed by atoms with Crippen molar-refractivity contribution in [3.05, 3.63) is 41.3 Å². The van der Waals surface area contributed by atoms with Crippen LogP contribution in [0, 0.1) is 13.8 Å². The first kappa shape index (κ1) is 23.8. The van der Waals surface area contributed by atoms with Gasteiger partial charge in [-0.1, -0.05) is 13.3 Å². The highest BCUT2D eigenvalue weighted by molar-refractivity contribution is 5.82. The molecule has 3 aliphatic heterocycles. The van der Waals surface area contributed by atoms with Gasteiger partial charge in [0, 0.05) is 24.5 Å². The predicted molar refractivity (Wildman–Crippen MR) is 141 cm³/mol. The summed E-state index contributed by atoms with van der Waals surface area (Å²) in [6, 6.07) is 7.39. The second-order valence-corrected chi connectivity index (χ2v) is 10.7. The molecular formula is C28H38N6O2. The van der Waals surface area contributed by atoms with Crippen LogP contribution < -0.4 is 4.90 Å². The summed E-state index contributed by atoms with van der Waals surface area (Å²) in [5.74, 6) is 3.15. The average molecular weight is 491 g/mol. The molecule has 3 fully saturated rings. The standard InChI is InChI=1S/C28H38N6O2/c1-4-5-24-16-33(10-11-36-24)27-14-28(31-20(3)30-27)34-26-13-25(19(2)12-22(26)15-29-34)21-6-8-32(9-7-21)23-17-35-18-23/h12-15,21,23-24H,4-11,16-18H2,1-3H3. The molecule has 8 nitrogen and oxygen atoms in total. The molecule has 0 radical (unpaired) electrons. The van der Waals surface area contributed by atoms with Crippen LogP contribution in [0.5, 0.6) is 0 Å². The van der Waals surface area contributed by atoms with Crippen molar-refractivity contribution in [1.82, 2.24) is 24.6 Å². The number of aryl methyl sites for hydroxylation is 2. The van der Waals surface area contributed by atoms with E-state index in [1.165, 1.54) is 24.0 Å². The minimum atomic E-state index is 0.266. The maximum Gasteiger partial charge on any atom is 0.159 e. The van der Waals surface area contributed by atoms with Crippen LogP contribution in [-0.2, 0) is 9.47 Å². The number of benzene rings is 1. The minimum Gasteiger partial charge on any atom is -0.378 e. The average Bonchev–Trinajstić information content (AvgIpc) is 3.26. The summed E-state index contributed by atoms with van der Waals surface area (Å²) < 4.78 is 13.4. The molecule has 5 heterocycles. The van der Waals surface area contributed by atoms with E-state index in [-0.39, 0.29) is 6.10 Å². The number of ether oxygens (including phenoxy) is 2. The van der Waals surface area contributed by atoms with Crippen molar-refractivity contribution in [2.24, 2.45) is 0 Å². The van der Waals surface area contributed by atoms with Crippen molar-refractivity contribution >= 4 is 16.7 Å². The molecule has 0 saturated carbocycles. The molecule has 3 aliphatic rings. The van der Waals surface area contributed by atoms with Gasteiger partial charge < -0.3 is 14.4 Å². The van der Waals surface area contributed by atoms with Crippen LogP contribution in [0.4, 0.5) is 5.82 Å². The summed E-state index contributed by atoms with van der Waals surface area (Å²) in [6.07, 6.45) is 6.83. The third-order valence-corrected chi connectivity index (χ3v) is 8.16. The molecule has 0 amide bonds. The van der Waals surface area contributed by atoms with Gasteiger partial charge in [-0.2, -0.15) is 5.10 Å². The molecule has 192 valence electrons. The Labute approximate surface area is 213 Å². The van der Waals surface area contributed by atoms with E-state index in [0.717, 1.165) is 87.2 Å². The lowest BCUT2D eigenvalue weighted by Gasteiger charge is -2.41. The molecule has 0 aliphatic carbocycles. The van der Waals surface area contributed by atoms with E-state index < -0.39 is 0 Å². The molecular weight excluding hydrogens is 452 g/mol. The largest absolute Gasteiger partial charge is 0.378 e. The van der Waals surface area contributed by atoms with E-state index in [1.54, 1.807) is 0 Å². The number of hydrogen-bond acceptors (Lipinski definition) is 7. The van der Waals surface area contributed by atoms with Crippen LogP contribution in [0.25, 0.3) is 16.7 Å². The van der Waals surface area contributed by atoms with E-state index in [4.69, 9.17) is 24.5 Å². The van der Waals surface area contributed by atoms with E-state index in [0.29, 0.717) is 12.0 Å². The Bertz CT molecular complexity index is 1210. The number of fused-ring (bicyclic) bond motifs is 1. The van der Waals surface area contributed by atoms with Crippen LogP contribution in [0.15, 0.2) is 24.4 Å². The highest BCUT2D eigenvalue weighted by Gasteiger charge is 2.31. The number of piperidine rings is 1. The summed E-state index contributed by atoms with van der Waals surface area (Å²) in [4.78, 5) is 14.5. The Kier molecular flexibility index (Phi) is 6.67. The van der Waals surface area contributed by atoms with Crippen LogP contribution >= 0.6 is 0 Å². The number of hydrogen-bond donors (Lipinski definition) is 0. The lowest BCUT2D eigenvalue weighted by Crippen LogP contribution is -2.51. The number of rotatable bonds is 6. The molecule has 8 heteroatoms. The summed E-state index contributed by atoms with van der Waals surface area (Å²) in [7, 11) is 0. The number of likely N-dealkylation sites (tertiary alicyclic amines) is 1. The zero-order chi connectivity index (χ0) is 24.6. The van der Waals surface area contributed by atoms with E-state index in [2.05, 4.69) is 41.8 Å². The number of morpholine rings is 1. The normalized spacial score (nSPS) is 22.3. The monoisotopic (exact) mass is 490 g/mol. The van der Waals surface area contributed by atoms with Gasteiger partial charge in [-0.05, 0) is 75.4 Å². The molecule has 0 spiro atoms. The molecule has 6 rings (SSSR count). The smallest absolute Gasteiger partial charge is 0.159 e. The third kappa shape index (κ3) is 4.62. The molecule has 0 N–H and O–H groups in total. The molecule has 1 atom stereocenters. The van der Waals surface area contributed by atoms with Gasteiger partial charge in [0.2, 0.25) is 0 Å². The number of aromatic nitrogens is 4. The molecule has 3 saturated heterocycles. The van der Waals surface area contributed by atoms with Gasteiger partial charge in [0.25, 0.3) is 0 Å². The highest BCUT2D eigenvalue weighted by atomic mass is 16.5. The topological polar surface area (TPSA) is 68.5 Å². The molecule has 36 heavy (non-hydrogen) atoms. The fourth-order valence-corrected chi connectivity index (χ4v) is 6.07. The summed E-state index contributed by atoms with van der Waals surface area (Å²) in [6.45, 7) is 13.0. The van der Waals surface area contributed by atoms with Gasteiger partial charge in [-0.25, -0.2) is 14.6 Å². The number of nitrogens with zero attached hydrogens (tertiary/aromatic N) is 6. The second kappa shape index (κ2) is 10.1. The fourth-order valence-electron chi connectivity index (χ4n) is 6.07. The van der Waals surface area contributed by atoms with Crippen molar-refractivity contribution in [2.45, 2.75) is 64.5 Å². The van der Waals surface area contributed by atoms with Gasteiger partial charge in [0.05, 0.1) is 43.7 Å². The molecule has 1 aromatic carbocycles. The van der Waals surface area contributed by atoms with Gasteiger partial charge in [-0.3, -0.25) is 4.90 Å². The Morgan fingerprint density at radius 3 is 2.56 bits per heavy atom. The lowest BCUT2D eigenvalue weighted by atomic mass is 9.85. The summed E-state index contributed by atoms with van der Waals surface area (Å²) in [5, 5.41) is 5.94. The van der Waals surface area contributed by atoms with E-state index in [9.17, 15) is 0 Å². The van der Waals surface area contributed by atoms with Crippen molar-refractivity contribution in [2.75, 3.05) is 50.9 Å². The molecule has 2 aromatic heterocycles. The van der Waals surface area contributed by atoms with Crippen molar-refractivity contribution < 1.29 is 9.47 Å². The van der Waals surface area contributed by atoms with E-state index >= 15 is 0 Å². The Morgan fingerprint density at radius 1 is 1.00 bits per heavy atom. The molecule has 0 bridgehead atoms. The Morgan fingerprint density at radius 2 is 1.81 bits per heavy atom. The van der Waals surface area contributed by atoms with Crippen molar-refractivity contribution in [3.63, 3.8) is 0 Å². The third-order valence-electron chi connectivity index (χ3n) is 8.16. The fraction of sp³-hybridized carbons (Fsp3) is 0.607. The van der Waals surface area contributed by atoms with Crippen LogP contribution in [0.1, 0.15) is 55.5 Å². The van der Waals surface area contributed by atoms with Gasteiger partial charge in [0.1, 0.15) is 11.6 Å². The van der Waals surface area contributed by atoms with E-state index in [1.807, 2.05) is 17.8 Å².